The van der Waals surface area contributed by atoms with Crippen molar-refractivity contribution in [1.29, 1.82) is 5.26 Å². The number of guanidine groups is 1. The van der Waals surface area contributed by atoms with E-state index in [0.29, 0.717) is 5.96 Å². The number of hydrogen-bond donors (Lipinski definition) is 3. The number of aryl methyl sites for hydroxylation is 1. The van der Waals surface area contributed by atoms with E-state index in [9.17, 15) is 0 Å². The Labute approximate surface area is 111 Å². The van der Waals surface area contributed by atoms with Gasteiger partial charge in [0, 0.05) is 18.3 Å². The number of aromatic nitrogens is 2. The quantitative estimate of drug-likeness (QED) is 0.330. The first-order valence-electron chi connectivity index (χ1n) is 5.74. The van der Waals surface area contributed by atoms with Gasteiger partial charge < -0.3 is 10.3 Å². The molecule has 0 radical (unpaired) electrons. The van der Waals surface area contributed by atoms with Crippen LogP contribution in [0.5, 0.6) is 0 Å². The minimum absolute atomic E-state index is 0.392. The molecule has 0 saturated carbocycles. The number of benzene rings is 1. The molecule has 0 amide bonds. The molecule has 19 heavy (non-hydrogen) atoms. The lowest BCUT2D eigenvalue weighted by Crippen LogP contribution is -2.26. The Kier molecular flexibility index (Phi) is 3.78. The largest absolute Gasteiger partial charge is 0.348 e. The number of aromatic amines is 1. The van der Waals surface area contributed by atoms with Gasteiger partial charge in [0.05, 0.1) is 17.7 Å². The third kappa shape index (κ3) is 2.72. The fourth-order valence-electron chi connectivity index (χ4n) is 1.75. The fraction of sp³-hybridized carbons (Fsp3) is 0.154. The van der Waals surface area contributed by atoms with Crippen LogP contribution in [-0.4, -0.2) is 23.0 Å². The fourth-order valence-corrected chi connectivity index (χ4v) is 1.75. The van der Waals surface area contributed by atoms with Gasteiger partial charge in [-0.3, -0.25) is 10.3 Å². The van der Waals surface area contributed by atoms with Crippen molar-refractivity contribution in [2.75, 3.05) is 12.4 Å². The van der Waals surface area contributed by atoms with Gasteiger partial charge in [0.15, 0.2) is 6.19 Å². The number of H-pyrrole nitrogens is 1. The lowest BCUT2D eigenvalue weighted by atomic mass is 10.1. The van der Waals surface area contributed by atoms with Crippen LogP contribution in [0, 0.1) is 18.4 Å². The van der Waals surface area contributed by atoms with E-state index in [1.807, 2.05) is 37.4 Å². The van der Waals surface area contributed by atoms with E-state index in [0.717, 1.165) is 22.6 Å². The molecule has 1 aromatic carbocycles. The highest BCUT2D eigenvalue weighted by Gasteiger charge is 2.10. The first-order chi connectivity index (χ1) is 9.26. The van der Waals surface area contributed by atoms with Gasteiger partial charge in [0.2, 0.25) is 5.96 Å². The van der Waals surface area contributed by atoms with Crippen LogP contribution in [0.15, 0.2) is 35.6 Å². The third-order valence-electron chi connectivity index (χ3n) is 2.66. The Balaban J connectivity index is 2.38. The highest BCUT2D eigenvalue weighted by Crippen LogP contribution is 2.27. The summed E-state index contributed by atoms with van der Waals surface area (Å²) in [6.45, 7) is 1.96. The monoisotopic (exact) mass is 254 g/mol. The summed E-state index contributed by atoms with van der Waals surface area (Å²) in [7, 11) is 1.61. The predicted molar refractivity (Wildman–Crippen MR) is 74.5 cm³/mol. The number of hydrogen-bond acceptors (Lipinski definition) is 3. The summed E-state index contributed by atoms with van der Waals surface area (Å²) in [5.41, 5.74) is 3.64. The molecule has 0 aliphatic rings. The maximum atomic E-state index is 8.64. The van der Waals surface area contributed by atoms with Crippen molar-refractivity contribution in [2.24, 2.45) is 4.99 Å². The molecule has 0 spiro atoms. The molecule has 0 saturated heterocycles. The van der Waals surface area contributed by atoms with Crippen LogP contribution in [0.3, 0.4) is 0 Å². The number of anilines is 1. The van der Waals surface area contributed by atoms with Gasteiger partial charge in [-0.1, -0.05) is 18.2 Å². The van der Waals surface area contributed by atoms with Gasteiger partial charge in [-0.25, -0.2) is 4.98 Å². The van der Waals surface area contributed by atoms with E-state index < -0.39 is 0 Å². The number of nitriles is 1. The molecule has 1 aromatic heterocycles. The standard InChI is InChI=1S/C13H14N6/c1-9-12(18-8-17-9)10-5-3-4-6-11(10)19-13(15-2)16-7-14/h3-6,8H,1-2H3,(H,17,18)(H2,15,16,19). The van der Waals surface area contributed by atoms with Crippen molar-refractivity contribution in [3.63, 3.8) is 0 Å². The van der Waals surface area contributed by atoms with Gasteiger partial charge in [-0.2, -0.15) is 5.26 Å². The van der Waals surface area contributed by atoms with E-state index in [1.165, 1.54) is 0 Å². The molecule has 0 aliphatic carbocycles. The molecule has 1 heterocycles. The Bertz CT molecular complexity index is 635. The van der Waals surface area contributed by atoms with Crippen LogP contribution >= 0.6 is 0 Å². The SMILES string of the molecule is CN=C(NC#N)Nc1ccccc1-c1nc[nH]c1C. The second-order valence-electron chi connectivity index (χ2n) is 3.86. The molecule has 0 unspecified atom stereocenters. The Hall–Kier alpha value is -2.81. The molecule has 0 aliphatic heterocycles. The van der Waals surface area contributed by atoms with Crippen LogP contribution in [0.1, 0.15) is 5.69 Å². The van der Waals surface area contributed by atoms with Gasteiger partial charge in [0.1, 0.15) is 0 Å². The molecule has 2 rings (SSSR count). The molecular weight excluding hydrogens is 240 g/mol. The highest BCUT2D eigenvalue weighted by atomic mass is 15.2. The Morgan fingerprint density at radius 1 is 1.42 bits per heavy atom. The van der Waals surface area contributed by atoms with E-state index in [2.05, 4.69) is 25.6 Å². The second-order valence-corrected chi connectivity index (χ2v) is 3.86. The van der Waals surface area contributed by atoms with Crippen molar-refractivity contribution in [3.05, 3.63) is 36.3 Å². The zero-order chi connectivity index (χ0) is 13.7. The number of aliphatic imine (C=N–C) groups is 1. The van der Waals surface area contributed by atoms with Crippen molar-refractivity contribution in [2.45, 2.75) is 6.92 Å². The average molecular weight is 254 g/mol. The molecular formula is C13H14N6. The maximum Gasteiger partial charge on any atom is 0.208 e. The van der Waals surface area contributed by atoms with Gasteiger partial charge in [-0.15, -0.1) is 0 Å². The average Bonchev–Trinajstić information content (AvgIpc) is 2.85. The van der Waals surface area contributed by atoms with Gasteiger partial charge in [-0.05, 0) is 13.0 Å². The minimum atomic E-state index is 0.392. The van der Waals surface area contributed by atoms with E-state index in [-0.39, 0.29) is 0 Å². The van der Waals surface area contributed by atoms with Gasteiger partial charge in [0.25, 0.3) is 0 Å². The lowest BCUT2D eigenvalue weighted by molar-refractivity contribution is 1.21. The smallest absolute Gasteiger partial charge is 0.208 e. The zero-order valence-electron chi connectivity index (χ0n) is 10.7. The van der Waals surface area contributed by atoms with E-state index in [1.54, 1.807) is 13.4 Å². The molecule has 6 heteroatoms. The number of para-hydroxylation sites is 1. The summed E-state index contributed by atoms with van der Waals surface area (Å²) in [4.78, 5) is 11.3. The van der Waals surface area contributed by atoms with E-state index >= 15 is 0 Å². The Morgan fingerprint density at radius 3 is 2.84 bits per heavy atom. The maximum absolute atomic E-state index is 8.64. The normalized spacial score (nSPS) is 10.9. The molecule has 0 atom stereocenters. The molecule has 6 nitrogen and oxygen atoms in total. The summed E-state index contributed by atoms with van der Waals surface area (Å²) in [5.74, 6) is 0.392. The summed E-state index contributed by atoms with van der Waals surface area (Å²) >= 11 is 0. The van der Waals surface area contributed by atoms with Crippen LogP contribution in [0.2, 0.25) is 0 Å². The van der Waals surface area contributed by atoms with Crippen molar-refractivity contribution in [1.82, 2.24) is 15.3 Å². The molecule has 96 valence electrons. The number of rotatable bonds is 2. The predicted octanol–water partition coefficient (Wildman–Crippen LogP) is 1.85. The lowest BCUT2D eigenvalue weighted by Gasteiger charge is -2.11. The van der Waals surface area contributed by atoms with Crippen molar-refractivity contribution in [3.8, 4) is 17.5 Å². The number of imidazole rings is 1. The summed E-state index contributed by atoms with van der Waals surface area (Å²) < 4.78 is 0. The minimum Gasteiger partial charge on any atom is -0.348 e. The highest BCUT2D eigenvalue weighted by molar-refractivity contribution is 5.98. The molecule has 0 fully saturated rings. The molecule has 0 bridgehead atoms. The molecule has 2 aromatic rings. The third-order valence-corrected chi connectivity index (χ3v) is 2.66. The van der Waals surface area contributed by atoms with Crippen molar-refractivity contribution < 1.29 is 0 Å². The first kappa shape index (κ1) is 12.6. The van der Waals surface area contributed by atoms with Crippen LogP contribution in [0.4, 0.5) is 5.69 Å². The summed E-state index contributed by atoms with van der Waals surface area (Å²) in [6, 6.07) is 7.72. The number of nitrogens with zero attached hydrogens (tertiary/aromatic N) is 3. The van der Waals surface area contributed by atoms with Gasteiger partial charge >= 0.3 is 0 Å². The summed E-state index contributed by atoms with van der Waals surface area (Å²) in [6.07, 6.45) is 3.50. The van der Waals surface area contributed by atoms with E-state index in [4.69, 9.17) is 5.26 Å². The van der Waals surface area contributed by atoms with Crippen LogP contribution in [0.25, 0.3) is 11.3 Å². The Morgan fingerprint density at radius 2 is 2.21 bits per heavy atom. The van der Waals surface area contributed by atoms with Crippen LogP contribution < -0.4 is 10.6 Å². The van der Waals surface area contributed by atoms with Crippen LogP contribution in [-0.2, 0) is 0 Å². The van der Waals surface area contributed by atoms with Crippen molar-refractivity contribution >= 4 is 11.6 Å². The summed E-state index contributed by atoms with van der Waals surface area (Å²) in [5, 5.41) is 14.2. The second kappa shape index (κ2) is 5.69. The topological polar surface area (TPSA) is 88.9 Å². The zero-order valence-corrected chi connectivity index (χ0v) is 10.7. The first-order valence-corrected chi connectivity index (χ1v) is 5.74. The number of nitrogens with one attached hydrogen (secondary N) is 3. The molecule has 3 N–H and O–H groups in total.